The molecule has 0 aliphatic carbocycles. The van der Waals surface area contributed by atoms with Crippen LogP contribution < -0.4 is 9.80 Å². The lowest BCUT2D eigenvalue weighted by atomic mass is 10.1. The predicted octanol–water partition coefficient (Wildman–Crippen LogP) is 2.50. The second-order valence-electron chi connectivity index (χ2n) is 6.81. The third-order valence-electron chi connectivity index (χ3n) is 5.16. The van der Waals surface area contributed by atoms with Gasteiger partial charge in [-0.1, -0.05) is 17.7 Å². The highest BCUT2D eigenvalue weighted by molar-refractivity contribution is 6.31. The van der Waals surface area contributed by atoms with Crippen molar-refractivity contribution in [1.82, 2.24) is 4.90 Å². The Morgan fingerprint density at radius 2 is 1.63 bits per heavy atom. The van der Waals surface area contributed by atoms with Gasteiger partial charge in [0.2, 0.25) is 5.91 Å². The minimum absolute atomic E-state index is 0.180. The summed E-state index contributed by atoms with van der Waals surface area (Å²) >= 11 is 6.01. The van der Waals surface area contributed by atoms with Gasteiger partial charge in [0, 0.05) is 36.9 Å². The van der Waals surface area contributed by atoms with Crippen LogP contribution in [0.2, 0.25) is 5.02 Å². The summed E-state index contributed by atoms with van der Waals surface area (Å²) in [6.45, 7) is 2.93. The molecule has 0 radical (unpaired) electrons. The van der Waals surface area contributed by atoms with E-state index in [0.29, 0.717) is 23.8 Å². The number of rotatable bonds is 3. The van der Waals surface area contributed by atoms with Crippen molar-refractivity contribution in [2.75, 3.05) is 36.0 Å². The first-order chi connectivity index (χ1) is 13.0. The van der Waals surface area contributed by atoms with Gasteiger partial charge in [0.05, 0.1) is 18.2 Å². The smallest absolute Gasteiger partial charge is 0.251 e. The van der Waals surface area contributed by atoms with Crippen LogP contribution in [0.4, 0.5) is 11.4 Å². The summed E-state index contributed by atoms with van der Waals surface area (Å²) in [7, 11) is 0. The number of phenolic OH excluding ortho intramolecular Hbond substituents is 1. The molecule has 2 saturated heterocycles. The number of benzene rings is 2. The van der Waals surface area contributed by atoms with Gasteiger partial charge >= 0.3 is 0 Å². The fourth-order valence-electron chi connectivity index (χ4n) is 3.74. The average Bonchev–Trinajstić information content (AvgIpc) is 2.97. The highest BCUT2D eigenvalue weighted by Gasteiger charge is 2.43. The molecular formula is C20H20ClN3O3. The van der Waals surface area contributed by atoms with E-state index in [4.69, 9.17) is 11.6 Å². The Morgan fingerprint density at radius 3 is 2.30 bits per heavy atom. The number of piperazine rings is 1. The molecular weight excluding hydrogens is 366 g/mol. The van der Waals surface area contributed by atoms with Crippen LogP contribution in [0.15, 0.2) is 48.5 Å². The van der Waals surface area contributed by atoms with Crippen molar-refractivity contribution in [3.8, 4) is 5.75 Å². The maximum atomic E-state index is 12.9. The zero-order valence-corrected chi connectivity index (χ0v) is 15.5. The van der Waals surface area contributed by atoms with Gasteiger partial charge in [0.15, 0.2) is 0 Å². The van der Waals surface area contributed by atoms with E-state index in [1.807, 2.05) is 12.1 Å². The second-order valence-corrected chi connectivity index (χ2v) is 7.24. The zero-order chi connectivity index (χ0) is 19.0. The molecule has 0 bridgehead atoms. The molecule has 7 heteroatoms. The largest absolute Gasteiger partial charge is 0.508 e. The highest BCUT2D eigenvalue weighted by atomic mass is 35.5. The van der Waals surface area contributed by atoms with Crippen LogP contribution in [0, 0.1) is 0 Å². The summed E-state index contributed by atoms with van der Waals surface area (Å²) < 4.78 is 0. The standard InChI is InChI=1S/C20H20ClN3O3/c21-14-2-1-3-16(12-14)24-19(26)13-18(20(24)27)23-10-8-22(9-11-23)15-4-6-17(25)7-5-15/h1-7,12,18,25H,8-11,13H2/t18-/m0/s1. The number of anilines is 2. The van der Waals surface area contributed by atoms with Crippen molar-refractivity contribution >= 4 is 34.8 Å². The molecule has 1 N–H and O–H groups in total. The molecule has 2 amide bonds. The van der Waals surface area contributed by atoms with Crippen LogP contribution >= 0.6 is 11.6 Å². The number of imide groups is 1. The Morgan fingerprint density at radius 1 is 0.926 bits per heavy atom. The van der Waals surface area contributed by atoms with E-state index in [9.17, 15) is 14.7 Å². The molecule has 2 heterocycles. The van der Waals surface area contributed by atoms with E-state index in [2.05, 4.69) is 9.80 Å². The second kappa shape index (κ2) is 7.21. The van der Waals surface area contributed by atoms with Crippen molar-refractivity contribution in [2.45, 2.75) is 12.5 Å². The first kappa shape index (κ1) is 17.8. The van der Waals surface area contributed by atoms with Crippen LogP contribution in [-0.4, -0.2) is 54.0 Å². The molecule has 27 heavy (non-hydrogen) atoms. The molecule has 2 aromatic rings. The Bertz CT molecular complexity index is 863. The molecule has 2 fully saturated rings. The molecule has 2 aromatic carbocycles. The normalized spacial score (nSPS) is 21.1. The van der Waals surface area contributed by atoms with E-state index in [-0.39, 0.29) is 24.0 Å². The third-order valence-corrected chi connectivity index (χ3v) is 5.39. The number of halogens is 1. The first-order valence-corrected chi connectivity index (χ1v) is 9.31. The van der Waals surface area contributed by atoms with Gasteiger partial charge in [0.1, 0.15) is 5.75 Å². The molecule has 140 valence electrons. The van der Waals surface area contributed by atoms with Gasteiger partial charge in [-0.3, -0.25) is 14.5 Å². The highest BCUT2D eigenvalue weighted by Crippen LogP contribution is 2.28. The van der Waals surface area contributed by atoms with Crippen LogP contribution in [0.3, 0.4) is 0 Å². The third kappa shape index (κ3) is 3.50. The van der Waals surface area contributed by atoms with E-state index >= 15 is 0 Å². The van der Waals surface area contributed by atoms with E-state index in [1.165, 1.54) is 4.90 Å². The summed E-state index contributed by atoms with van der Waals surface area (Å²) in [5.41, 5.74) is 1.57. The average molecular weight is 386 g/mol. The Kier molecular flexibility index (Phi) is 4.76. The minimum Gasteiger partial charge on any atom is -0.508 e. The molecule has 4 rings (SSSR count). The lowest BCUT2D eigenvalue weighted by Gasteiger charge is -2.38. The lowest BCUT2D eigenvalue weighted by Crippen LogP contribution is -2.52. The van der Waals surface area contributed by atoms with Crippen molar-refractivity contribution in [3.63, 3.8) is 0 Å². The number of hydrogen-bond donors (Lipinski definition) is 1. The molecule has 0 saturated carbocycles. The molecule has 0 aromatic heterocycles. The van der Waals surface area contributed by atoms with Crippen LogP contribution in [0.25, 0.3) is 0 Å². The topological polar surface area (TPSA) is 64.1 Å². The molecule has 2 aliphatic heterocycles. The molecule has 0 spiro atoms. The monoisotopic (exact) mass is 385 g/mol. The molecule has 0 unspecified atom stereocenters. The molecule has 6 nitrogen and oxygen atoms in total. The number of hydrogen-bond acceptors (Lipinski definition) is 5. The Hall–Kier alpha value is -2.57. The van der Waals surface area contributed by atoms with Gasteiger partial charge in [0.25, 0.3) is 5.91 Å². The number of carbonyl (C=O) groups excluding carboxylic acids is 2. The minimum atomic E-state index is -0.418. The number of nitrogens with zero attached hydrogens (tertiary/aromatic N) is 3. The maximum Gasteiger partial charge on any atom is 0.251 e. The number of phenols is 1. The molecule has 1 atom stereocenters. The van der Waals surface area contributed by atoms with Crippen molar-refractivity contribution in [2.24, 2.45) is 0 Å². The fraction of sp³-hybridized carbons (Fsp3) is 0.300. The molecule has 2 aliphatic rings. The summed E-state index contributed by atoms with van der Waals surface area (Å²) in [4.78, 5) is 30.9. The lowest BCUT2D eigenvalue weighted by molar-refractivity contribution is -0.123. The Balaban J connectivity index is 1.44. The van der Waals surface area contributed by atoms with Gasteiger partial charge in [-0.25, -0.2) is 4.90 Å². The van der Waals surface area contributed by atoms with Crippen molar-refractivity contribution < 1.29 is 14.7 Å². The van der Waals surface area contributed by atoms with Crippen LogP contribution in [0.5, 0.6) is 5.75 Å². The van der Waals surface area contributed by atoms with Crippen LogP contribution in [-0.2, 0) is 9.59 Å². The summed E-state index contributed by atoms with van der Waals surface area (Å²) in [5, 5.41) is 9.92. The van der Waals surface area contributed by atoms with Gasteiger partial charge in [-0.2, -0.15) is 0 Å². The van der Waals surface area contributed by atoms with Gasteiger partial charge in [-0.05, 0) is 42.5 Å². The number of aromatic hydroxyl groups is 1. The van der Waals surface area contributed by atoms with Crippen molar-refractivity contribution in [1.29, 1.82) is 0 Å². The fourth-order valence-corrected chi connectivity index (χ4v) is 3.93. The van der Waals surface area contributed by atoms with E-state index in [1.54, 1.807) is 36.4 Å². The number of amides is 2. The maximum absolute atomic E-state index is 12.9. The van der Waals surface area contributed by atoms with Gasteiger partial charge < -0.3 is 10.0 Å². The zero-order valence-electron chi connectivity index (χ0n) is 14.7. The summed E-state index contributed by atoms with van der Waals surface area (Å²) in [6.07, 6.45) is 0.199. The van der Waals surface area contributed by atoms with E-state index < -0.39 is 6.04 Å². The first-order valence-electron chi connectivity index (χ1n) is 8.93. The quantitative estimate of drug-likeness (QED) is 0.822. The van der Waals surface area contributed by atoms with Gasteiger partial charge in [-0.15, -0.1) is 0 Å². The SMILES string of the molecule is O=C1C[C@H](N2CCN(c3ccc(O)cc3)CC2)C(=O)N1c1cccc(Cl)c1. The summed E-state index contributed by atoms with van der Waals surface area (Å²) in [5.74, 6) is -0.123. The predicted molar refractivity (Wildman–Crippen MR) is 104 cm³/mol. The van der Waals surface area contributed by atoms with Crippen molar-refractivity contribution in [3.05, 3.63) is 53.6 Å². The van der Waals surface area contributed by atoms with E-state index in [0.717, 1.165) is 18.8 Å². The van der Waals surface area contributed by atoms with Crippen LogP contribution in [0.1, 0.15) is 6.42 Å². The number of carbonyl (C=O) groups is 2. The summed E-state index contributed by atoms with van der Waals surface area (Å²) in [6, 6.07) is 13.5. The Labute approximate surface area is 162 Å².